The van der Waals surface area contributed by atoms with E-state index in [2.05, 4.69) is 12.1 Å². The van der Waals surface area contributed by atoms with Gasteiger partial charge in [-0.25, -0.2) is 4.79 Å². The third kappa shape index (κ3) is 6.79. The van der Waals surface area contributed by atoms with Gasteiger partial charge in [0.25, 0.3) is 0 Å². The number of rotatable bonds is 4. The van der Waals surface area contributed by atoms with E-state index >= 15 is 0 Å². The molecule has 1 aliphatic heterocycles. The van der Waals surface area contributed by atoms with Gasteiger partial charge < -0.3 is 9.64 Å². The van der Waals surface area contributed by atoms with E-state index in [9.17, 15) is 4.79 Å². The molecule has 1 fully saturated rings. The van der Waals surface area contributed by atoms with Crippen LogP contribution in [0.3, 0.4) is 0 Å². The molecule has 0 atom stereocenters. The maximum atomic E-state index is 11.9. The van der Waals surface area contributed by atoms with Gasteiger partial charge in [-0.05, 0) is 30.5 Å². The van der Waals surface area contributed by atoms with Crippen molar-refractivity contribution in [1.29, 1.82) is 0 Å². The molecule has 1 amide bonds. The lowest BCUT2D eigenvalue weighted by Gasteiger charge is -2.31. The number of thioether (sulfide) groups is 1. The number of piperidine rings is 1. The number of halogens is 4. The second-order valence-corrected chi connectivity index (χ2v) is 9.41. The molecular formula is C15H17Cl4NO2S. The van der Waals surface area contributed by atoms with Crippen LogP contribution in [-0.2, 0) is 10.6 Å². The number of likely N-dealkylation sites (tertiary alicyclic amines) is 1. The molecule has 1 aromatic carbocycles. The van der Waals surface area contributed by atoms with E-state index in [0.29, 0.717) is 24.2 Å². The number of carbonyl (C=O) groups is 1. The van der Waals surface area contributed by atoms with Gasteiger partial charge in [0.05, 0.1) is 0 Å². The first-order valence-corrected chi connectivity index (χ1v) is 9.72. The molecule has 23 heavy (non-hydrogen) atoms. The normalized spacial score (nSPS) is 16.4. The van der Waals surface area contributed by atoms with Gasteiger partial charge in [-0.2, -0.15) is 0 Å². The lowest BCUT2D eigenvalue weighted by atomic mass is 10.1. The molecule has 0 radical (unpaired) electrons. The van der Waals surface area contributed by atoms with Crippen LogP contribution in [0.4, 0.5) is 4.79 Å². The molecule has 128 valence electrons. The molecule has 0 bridgehead atoms. The van der Waals surface area contributed by atoms with Crippen LogP contribution < -0.4 is 0 Å². The van der Waals surface area contributed by atoms with Gasteiger partial charge in [-0.3, -0.25) is 0 Å². The van der Waals surface area contributed by atoms with E-state index in [1.165, 1.54) is 4.90 Å². The summed E-state index contributed by atoms with van der Waals surface area (Å²) in [4.78, 5) is 14.8. The first-order chi connectivity index (χ1) is 10.9. The van der Waals surface area contributed by atoms with Crippen LogP contribution in [0.2, 0.25) is 0 Å². The van der Waals surface area contributed by atoms with Crippen LogP contribution in [0.5, 0.6) is 0 Å². The van der Waals surface area contributed by atoms with E-state index < -0.39 is 9.89 Å². The second-order valence-electron chi connectivity index (χ2n) is 5.25. The minimum atomic E-state index is -1.57. The Labute approximate surface area is 160 Å². The summed E-state index contributed by atoms with van der Waals surface area (Å²) in [6.07, 6.45) is 1.39. The van der Waals surface area contributed by atoms with Crippen molar-refractivity contribution in [2.45, 2.75) is 32.7 Å². The SMILES string of the molecule is O=C(OCC(Cl)(Cl)Cl)N1CCC(Sc2ccc(CCl)cc2)CC1. The quantitative estimate of drug-likeness (QED) is 0.607. The summed E-state index contributed by atoms with van der Waals surface area (Å²) in [5.74, 6) is 0.527. The topological polar surface area (TPSA) is 29.5 Å². The van der Waals surface area contributed by atoms with Crippen molar-refractivity contribution in [1.82, 2.24) is 4.90 Å². The molecule has 1 aliphatic rings. The van der Waals surface area contributed by atoms with Crippen molar-refractivity contribution in [2.24, 2.45) is 0 Å². The van der Waals surface area contributed by atoms with E-state index in [1.54, 1.807) is 4.90 Å². The molecule has 0 aromatic heterocycles. The van der Waals surface area contributed by atoms with E-state index in [-0.39, 0.29) is 6.61 Å². The second kappa shape index (κ2) is 8.91. The Hall–Kier alpha value is -0.000000000000000167. The highest BCUT2D eigenvalue weighted by Crippen LogP contribution is 2.31. The largest absolute Gasteiger partial charge is 0.445 e. The van der Waals surface area contributed by atoms with Crippen molar-refractivity contribution in [3.63, 3.8) is 0 Å². The van der Waals surface area contributed by atoms with Gasteiger partial charge in [-0.1, -0.05) is 46.9 Å². The average molecular weight is 417 g/mol. The van der Waals surface area contributed by atoms with Crippen LogP contribution in [0.25, 0.3) is 0 Å². The molecule has 0 N–H and O–H groups in total. The summed E-state index contributed by atoms with van der Waals surface area (Å²) >= 11 is 24.3. The fourth-order valence-electron chi connectivity index (χ4n) is 2.24. The minimum Gasteiger partial charge on any atom is -0.445 e. The molecule has 0 unspecified atom stereocenters. The van der Waals surface area contributed by atoms with E-state index in [1.807, 2.05) is 23.9 Å². The molecule has 2 rings (SSSR count). The van der Waals surface area contributed by atoms with Gasteiger partial charge in [0.15, 0.2) is 0 Å². The Morgan fingerprint density at radius 2 is 1.83 bits per heavy atom. The molecule has 0 saturated carbocycles. The number of alkyl halides is 4. The summed E-state index contributed by atoms with van der Waals surface area (Å²) in [7, 11) is 0. The van der Waals surface area contributed by atoms with Crippen molar-refractivity contribution >= 4 is 64.3 Å². The zero-order valence-corrected chi connectivity index (χ0v) is 16.2. The van der Waals surface area contributed by atoms with Gasteiger partial charge in [0.2, 0.25) is 3.79 Å². The molecular weight excluding hydrogens is 400 g/mol. The molecule has 0 spiro atoms. The van der Waals surface area contributed by atoms with Crippen molar-refractivity contribution < 1.29 is 9.53 Å². The van der Waals surface area contributed by atoms with Crippen molar-refractivity contribution in [2.75, 3.05) is 19.7 Å². The lowest BCUT2D eigenvalue weighted by molar-refractivity contribution is 0.0975. The Bertz CT molecular complexity index is 513. The van der Waals surface area contributed by atoms with Crippen LogP contribution >= 0.6 is 58.2 Å². The van der Waals surface area contributed by atoms with Crippen LogP contribution in [-0.4, -0.2) is 39.7 Å². The van der Waals surface area contributed by atoms with Gasteiger partial charge in [-0.15, -0.1) is 23.4 Å². The number of hydrogen-bond acceptors (Lipinski definition) is 3. The molecule has 1 heterocycles. The maximum Gasteiger partial charge on any atom is 0.409 e. The van der Waals surface area contributed by atoms with Crippen molar-refractivity contribution in [3.05, 3.63) is 29.8 Å². The highest BCUT2D eigenvalue weighted by atomic mass is 35.6. The monoisotopic (exact) mass is 415 g/mol. The molecule has 1 saturated heterocycles. The Morgan fingerprint density at radius 3 is 2.35 bits per heavy atom. The first-order valence-electron chi connectivity index (χ1n) is 7.17. The lowest BCUT2D eigenvalue weighted by Crippen LogP contribution is -2.40. The Morgan fingerprint density at radius 1 is 1.22 bits per heavy atom. The van der Waals surface area contributed by atoms with Gasteiger partial charge >= 0.3 is 6.09 Å². The first kappa shape index (κ1) is 19.3. The number of carbonyl (C=O) groups excluding carboxylic acids is 1. The van der Waals surface area contributed by atoms with Gasteiger partial charge in [0.1, 0.15) is 6.61 Å². The third-order valence-electron chi connectivity index (χ3n) is 3.44. The standard InChI is InChI=1S/C15H17Cl4NO2S/c16-9-11-1-3-12(4-2-11)23-13-5-7-20(8-6-13)14(21)22-10-15(17,18)19/h1-4,13H,5-10H2. The minimum absolute atomic E-state index is 0.238. The summed E-state index contributed by atoms with van der Waals surface area (Å²) in [6, 6.07) is 8.26. The number of amides is 1. The number of hydrogen-bond donors (Lipinski definition) is 0. The summed E-state index contributed by atoms with van der Waals surface area (Å²) in [5.41, 5.74) is 1.11. The fourth-order valence-corrected chi connectivity index (χ4v) is 3.71. The predicted molar refractivity (Wildman–Crippen MR) is 98.1 cm³/mol. The van der Waals surface area contributed by atoms with E-state index in [4.69, 9.17) is 51.1 Å². The number of ether oxygens (including phenoxy) is 1. The van der Waals surface area contributed by atoms with Gasteiger partial charge in [0, 0.05) is 29.1 Å². The summed E-state index contributed by atoms with van der Waals surface area (Å²) in [6.45, 7) is 1.06. The summed E-state index contributed by atoms with van der Waals surface area (Å²) in [5, 5.41) is 0.481. The molecule has 1 aromatic rings. The third-order valence-corrected chi connectivity index (χ3v) is 5.42. The Kier molecular flexibility index (Phi) is 7.49. The highest BCUT2D eigenvalue weighted by Gasteiger charge is 2.27. The van der Waals surface area contributed by atoms with Crippen LogP contribution in [0.1, 0.15) is 18.4 Å². The van der Waals surface area contributed by atoms with Crippen molar-refractivity contribution in [3.8, 4) is 0 Å². The molecule has 3 nitrogen and oxygen atoms in total. The molecule has 8 heteroatoms. The molecule has 0 aliphatic carbocycles. The zero-order valence-electron chi connectivity index (χ0n) is 12.3. The highest BCUT2D eigenvalue weighted by molar-refractivity contribution is 8.00. The number of benzene rings is 1. The van der Waals surface area contributed by atoms with E-state index in [0.717, 1.165) is 18.4 Å². The average Bonchev–Trinajstić information content (AvgIpc) is 2.53. The predicted octanol–water partition coefficient (Wildman–Crippen LogP) is 5.49. The van der Waals surface area contributed by atoms with Crippen LogP contribution in [0, 0.1) is 0 Å². The Balaban J connectivity index is 1.75. The number of nitrogens with zero attached hydrogens (tertiary/aromatic N) is 1. The smallest absolute Gasteiger partial charge is 0.409 e. The fraction of sp³-hybridized carbons (Fsp3) is 0.533. The van der Waals surface area contributed by atoms with Crippen LogP contribution in [0.15, 0.2) is 29.2 Å². The summed E-state index contributed by atoms with van der Waals surface area (Å²) < 4.78 is 3.43. The maximum absolute atomic E-state index is 11.9. The zero-order chi connectivity index (χ0) is 16.9.